The van der Waals surface area contributed by atoms with Crippen LogP contribution in [0, 0.1) is 5.92 Å². The Labute approximate surface area is 77.9 Å². The number of carbonyl (C=O) groups excluding carboxylic acids is 2. The number of hydrogen-bond donors (Lipinski definition) is 1. The summed E-state index contributed by atoms with van der Waals surface area (Å²) in [6.07, 6.45) is 4.81. The summed E-state index contributed by atoms with van der Waals surface area (Å²) < 4.78 is 0. The van der Waals surface area contributed by atoms with E-state index in [0.29, 0.717) is 12.2 Å². The van der Waals surface area contributed by atoms with Crippen LogP contribution in [0.2, 0.25) is 0 Å². The molecule has 72 valence electrons. The van der Waals surface area contributed by atoms with Gasteiger partial charge in [-0.05, 0) is 25.7 Å². The molecule has 0 aromatic rings. The van der Waals surface area contributed by atoms with Crippen LogP contribution in [0.15, 0.2) is 0 Å². The van der Waals surface area contributed by atoms with Crippen LogP contribution in [0.1, 0.15) is 39.0 Å². The van der Waals surface area contributed by atoms with E-state index in [1.807, 2.05) is 0 Å². The van der Waals surface area contributed by atoms with Gasteiger partial charge in [-0.3, -0.25) is 9.59 Å². The summed E-state index contributed by atoms with van der Waals surface area (Å²) in [5, 5.41) is 2.97. The highest BCUT2D eigenvalue weighted by Crippen LogP contribution is 2.45. The lowest BCUT2D eigenvalue weighted by Gasteiger charge is -2.50. The van der Waals surface area contributed by atoms with Gasteiger partial charge >= 0.3 is 0 Å². The van der Waals surface area contributed by atoms with Crippen molar-refractivity contribution in [3.05, 3.63) is 0 Å². The fourth-order valence-electron chi connectivity index (χ4n) is 2.46. The van der Waals surface area contributed by atoms with Crippen LogP contribution in [0.25, 0.3) is 0 Å². The summed E-state index contributed by atoms with van der Waals surface area (Å²) in [6.45, 7) is 1.53. The highest BCUT2D eigenvalue weighted by Gasteiger charge is 2.51. The lowest BCUT2D eigenvalue weighted by atomic mass is 9.60. The Kier molecular flexibility index (Phi) is 1.90. The van der Waals surface area contributed by atoms with E-state index in [9.17, 15) is 9.59 Å². The lowest BCUT2D eigenvalue weighted by Crippen LogP contribution is -2.62. The first-order valence-corrected chi connectivity index (χ1v) is 4.95. The minimum Gasteiger partial charge on any atom is -0.350 e. The Hall–Kier alpha value is -0.860. The molecule has 1 N–H and O–H groups in total. The number of hydrogen-bond acceptors (Lipinski definition) is 2. The molecule has 0 heterocycles. The molecule has 0 radical (unpaired) electrons. The maximum atomic E-state index is 11.3. The van der Waals surface area contributed by atoms with Crippen molar-refractivity contribution in [2.24, 2.45) is 5.92 Å². The average molecular weight is 181 g/mol. The van der Waals surface area contributed by atoms with Gasteiger partial charge in [-0.2, -0.15) is 0 Å². The second-order valence-corrected chi connectivity index (χ2v) is 4.25. The third-order valence-corrected chi connectivity index (χ3v) is 3.41. The van der Waals surface area contributed by atoms with Gasteiger partial charge in [0.05, 0.1) is 0 Å². The van der Waals surface area contributed by atoms with E-state index >= 15 is 0 Å². The SMILES string of the molecule is CC(=O)NC1(C2CCC2=O)CCC1. The van der Waals surface area contributed by atoms with Crippen molar-refractivity contribution in [3.8, 4) is 0 Å². The van der Waals surface area contributed by atoms with Gasteiger partial charge < -0.3 is 5.32 Å². The van der Waals surface area contributed by atoms with Crippen molar-refractivity contribution in [1.82, 2.24) is 5.32 Å². The number of nitrogens with one attached hydrogen (secondary N) is 1. The topological polar surface area (TPSA) is 46.2 Å². The molecule has 1 unspecified atom stereocenters. The molecular weight excluding hydrogens is 166 g/mol. The Morgan fingerprint density at radius 2 is 2.23 bits per heavy atom. The van der Waals surface area contributed by atoms with Crippen molar-refractivity contribution >= 4 is 11.7 Å². The maximum Gasteiger partial charge on any atom is 0.217 e. The van der Waals surface area contributed by atoms with Crippen molar-refractivity contribution in [3.63, 3.8) is 0 Å². The lowest BCUT2D eigenvalue weighted by molar-refractivity contribution is -0.138. The number of Topliss-reactive ketones (excluding diaryl/α,β-unsaturated/α-hetero) is 1. The number of carbonyl (C=O) groups is 2. The summed E-state index contributed by atoms with van der Waals surface area (Å²) in [5.74, 6) is 0.470. The fraction of sp³-hybridized carbons (Fsp3) is 0.800. The molecule has 0 saturated heterocycles. The van der Waals surface area contributed by atoms with Gasteiger partial charge in [0.15, 0.2) is 0 Å². The van der Waals surface area contributed by atoms with Gasteiger partial charge in [0.25, 0.3) is 0 Å². The maximum absolute atomic E-state index is 11.3. The molecule has 1 atom stereocenters. The summed E-state index contributed by atoms with van der Waals surface area (Å²) in [7, 11) is 0. The second-order valence-electron chi connectivity index (χ2n) is 4.25. The molecule has 13 heavy (non-hydrogen) atoms. The molecule has 0 aromatic heterocycles. The van der Waals surface area contributed by atoms with E-state index in [0.717, 1.165) is 25.7 Å². The van der Waals surface area contributed by atoms with Crippen LogP contribution >= 0.6 is 0 Å². The van der Waals surface area contributed by atoms with Gasteiger partial charge in [-0.25, -0.2) is 0 Å². The van der Waals surface area contributed by atoms with Crippen LogP contribution < -0.4 is 5.32 Å². The molecule has 2 rings (SSSR count). The molecule has 0 spiro atoms. The zero-order valence-electron chi connectivity index (χ0n) is 7.93. The van der Waals surface area contributed by atoms with Crippen LogP contribution in [-0.4, -0.2) is 17.2 Å². The molecule has 2 aliphatic carbocycles. The summed E-state index contributed by atoms with van der Waals surface area (Å²) in [5.41, 5.74) is -0.138. The standard InChI is InChI=1S/C10H15NO2/c1-7(12)11-10(5-2-6-10)8-3-4-9(8)13/h8H,2-6H2,1H3,(H,11,12). The smallest absolute Gasteiger partial charge is 0.217 e. The van der Waals surface area contributed by atoms with Gasteiger partial charge in [0, 0.05) is 24.8 Å². The summed E-state index contributed by atoms with van der Waals surface area (Å²) >= 11 is 0. The largest absolute Gasteiger partial charge is 0.350 e. The number of ketones is 1. The monoisotopic (exact) mass is 181 g/mol. The minimum atomic E-state index is -0.138. The van der Waals surface area contributed by atoms with Gasteiger partial charge in [-0.15, -0.1) is 0 Å². The minimum absolute atomic E-state index is 0.000556. The van der Waals surface area contributed by atoms with E-state index in [4.69, 9.17) is 0 Å². The number of rotatable bonds is 2. The quantitative estimate of drug-likeness (QED) is 0.691. The van der Waals surface area contributed by atoms with E-state index < -0.39 is 0 Å². The number of amides is 1. The Bertz CT molecular complexity index is 256. The first-order valence-electron chi connectivity index (χ1n) is 4.95. The first kappa shape index (κ1) is 8.73. The normalized spacial score (nSPS) is 30.2. The van der Waals surface area contributed by atoms with Gasteiger partial charge in [0.2, 0.25) is 5.91 Å². The predicted octanol–water partition coefficient (Wildman–Crippen LogP) is 1.02. The molecule has 0 aromatic carbocycles. The second kappa shape index (κ2) is 2.82. The van der Waals surface area contributed by atoms with Gasteiger partial charge in [0.1, 0.15) is 5.78 Å². The summed E-state index contributed by atoms with van der Waals surface area (Å²) in [4.78, 5) is 22.3. The fourth-order valence-corrected chi connectivity index (χ4v) is 2.46. The van der Waals surface area contributed by atoms with E-state index in [1.165, 1.54) is 6.92 Å². The molecule has 0 bridgehead atoms. The van der Waals surface area contributed by atoms with Crippen LogP contribution in [0.3, 0.4) is 0 Å². The van der Waals surface area contributed by atoms with Crippen molar-refractivity contribution in [1.29, 1.82) is 0 Å². The van der Waals surface area contributed by atoms with Crippen LogP contribution in [0.4, 0.5) is 0 Å². The first-order chi connectivity index (χ1) is 6.14. The molecule has 2 saturated carbocycles. The molecule has 2 aliphatic rings. The van der Waals surface area contributed by atoms with Crippen molar-refractivity contribution in [2.45, 2.75) is 44.6 Å². The molecule has 2 fully saturated rings. The Morgan fingerprint density at radius 3 is 2.46 bits per heavy atom. The Balaban J connectivity index is 2.06. The molecule has 0 aliphatic heterocycles. The van der Waals surface area contributed by atoms with Gasteiger partial charge in [-0.1, -0.05) is 0 Å². The highest BCUT2D eigenvalue weighted by molar-refractivity contribution is 5.89. The van der Waals surface area contributed by atoms with Crippen molar-refractivity contribution in [2.75, 3.05) is 0 Å². The van der Waals surface area contributed by atoms with E-state index in [1.54, 1.807) is 0 Å². The Morgan fingerprint density at radius 1 is 1.54 bits per heavy atom. The molecule has 1 amide bonds. The highest BCUT2D eigenvalue weighted by atomic mass is 16.2. The van der Waals surface area contributed by atoms with Crippen LogP contribution in [-0.2, 0) is 9.59 Å². The molecule has 3 heteroatoms. The van der Waals surface area contributed by atoms with Crippen LogP contribution in [0.5, 0.6) is 0 Å². The van der Waals surface area contributed by atoms with E-state index in [2.05, 4.69) is 5.32 Å². The zero-order chi connectivity index (χ0) is 9.47. The third kappa shape index (κ3) is 1.26. The average Bonchev–Trinajstić information content (AvgIpc) is 1.96. The zero-order valence-corrected chi connectivity index (χ0v) is 7.93. The predicted molar refractivity (Wildman–Crippen MR) is 48.1 cm³/mol. The molecule has 3 nitrogen and oxygen atoms in total. The van der Waals surface area contributed by atoms with E-state index in [-0.39, 0.29) is 17.4 Å². The third-order valence-electron chi connectivity index (χ3n) is 3.41. The summed E-state index contributed by atoms with van der Waals surface area (Å²) in [6, 6.07) is 0. The van der Waals surface area contributed by atoms with Crippen molar-refractivity contribution < 1.29 is 9.59 Å². The molecular formula is C10H15NO2.